The maximum absolute atomic E-state index is 11.1. The first-order valence-corrected chi connectivity index (χ1v) is 10.4. The summed E-state index contributed by atoms with van der Waals surface area (Å²) in [6.45, 7) is 8.25. The van der Waals surface area contributed by atoms with E-state index < -0.39 is 5.97 Å². The van der Waals surface area contributed by atoms with Crippen LogP contribution in [0, 0.1) is 0 Å². The number of carboxylic acid groups (broad SMARTS) is 1. The van der Waals surface area contributed by atoms with Crippen molar-refractivity contribution in [2.24, 2.45) is 0 Å². The fourth-order valence-corrected chi connectivity index (χ4v) is 4.44. The molecule has 0 bridgehead atoms. The molecule has 1 N–H and O–H groups in total. The Morgan fingerprint density at radius 2 is 1.67 bits per heavy atom. The van der Waals surface area contributed by atoms with Gasteiger partial charge < -0.3 is 9.52 Å². The predicted octanol–water partition coefficient (Wildman–Crippen LogP) is 4.74. The number of hydrogen-bond donors (Lipinski definition) is 1. The zero-order chi connectivity index (χ0) is 21.1. The van der Waals surface area contributed by atoms with Crippen molar-refractivity contribution in [1.82, 2.24) is 9.80 Å². The molecule has 1 aliphatic heterocycles. The normalized spacial score (nSPS) is 20.3. The zero-order valence-electron chi connectivity index (χ0n) is 17.5. The SMILES string of the molecule is C[C@@H]1CN(Cc2ccc(C(=O)O)cc2)C[C@H](C)N1Cc1ccccc1-c1ccco1. The second kappa shape index (κ2) is 8.86. The molecule has 4 rings (SSSR count). The van der Waals surface area contributed by atoms with Crippen LogP contribution in [0.4, 0.5) is 0 Å². The van der Waals surface area contributed by atoms with Crippen LogP contribution in [0.5, 0.6) is 0 Å². The lowest BCUT2D eigenvalue weighted by Gasteiger charge is -2.44. The van der Waals surface area contributed by atoms with Gasteiger partial charge in [-0.3, -0.25) is 9.80 Å². The van der Waals surface area contributed by atoms with E-state index in [1.165, 1.54) is 5.56 Å². The molecular weight excluding hydrogens is 376 g/mol. The molecule has 0 amide bonds. The van der Waals surface area contributed by atoms with Crippen molar-refractivity contribution in [3.05, 3.63) is 83.6 Å². The van der Waals surface area contributed by atoms with Gasteiger partial charge in [-0.25, -0.2) is 4.79 Å². The van der Waals surface area contributed by atoms with E-state index >= 15 is 0 Å². The average molecular weight is 405 g/mol. The monoisotopic (exact) mass is 404 g/mol. The van der Waals surface area contributed by atoms with Crippen molar-refractivity contribution < 1.29 is 14.3 Å². The summed E-state index contributed by atoms with van der Waals surface area (Å²) in [5.74, 6) is 0.0292. The molecule has 5 heteroatoms. The van der Waals surface area contributed by atoms with Gasteiger partial charge in [-0.15, -0.1) is 0 Å². The van der Waals surface area contributed by atoms with Crippen LogP contribution in [0.15, 0.2) is 71.3 Å². The largest absolute Gasteiger partial charge is 0.478 e. The highest BCUT2D eigenvalue weighted by Gasteiger charge is 2.30. The Labute approximate surface area is 177 Å². The number of piperazine rings is 1. The van der Waals surface area contributed by atoms with Crippen LogP contribution >= 0.6 is 0 Å². The second-order valence-electron chi connectivity index (χ2n) is 8.20. The third kappa shape index (κ3) is 4.48. The molecule has 3 aromatic rings. The van der Waals surface area contributed by atoms with Crippen LogP contribution < -0.4 is 0 Å². The summed E-state index contributed by atoms with van der Waals surface area (Å²) in [6.07, 6.45) is 1.72. The Bertz CT molecular complexity index is 970. The summed E-state index contributed by atoms with van der Waals surface area (Å²) >= 11 is 0. The number of hydrogen-bond acceptors (Lipinski definition) is 4. The first-order valence-electron chi connectivity index (χ1n) is 10.4. The molecule has 0 unspecified atom stereocenters. The maximum atomic E-state index is 11.1. The van der Waals surface area contributed by atoms with E-state index in [2.05, 4.69) is 47.9 Å². The molecule has 2 heterocycles. The predicted molar refractivity (Wildman–Crippen MR) is 117 cm³/mol. The molecule has 0 spiro atoms. The highest BCUT2D eigenvalue weighted by atomic mass is 16.4. The van der Waals surface area contributed by atoms with Crippen molar-refractivity contribution >= 4 is 5.97 Å². The number of rotatable bonds is 6. The minimum absolute atomic E-state index is 0.334. The van der Waals surface area contributed by atoms with Gasteiger partial charge in [0, 0.05) is 43.8 Å². The van der Waals surface area contributed by atoms with Crippen LogP contribution in [-0.4, -0.2) is 46.0 Å². The topological polar surface area (TPSA) is 56.9 Å². The number of nitrogens with zero attached hydrogens (tertiary/aromatic N) is 2. The molecule has 0 saturated carbocycles. The maximum Gasteiger partial charge on any atom is 0.335 e. The number of furan rings is 1. The van der Waals surface area contributed by atoms with E-state index in [-0.39, 0.29) is 0 Å². The molecule has 30 heavy (non-hydrogen) atoms. The Hall–Kier alpha value is -2.89. The van der Waals surface area contributed by atoms with E-state index in [0.717, 1.165) is 43.1 Å². The number of aromatic carboxylic acids is 1. The van der Waals surface area contributed by atoms with Crippen LogP contribution in [0.3, 0.4) is 0 Å². The average Bonchev–Trinajstić information content (AvgIpc) is 3.26. The molecule has 1 aromatic heterocycles. The summed E-state index contributed by atoms with van der Waals surface area (Å²) < 4.78 is 5.65. The zero-order valence-corrected chi connectivity index (χ0v) is 17.5. The van der Waals surface area contributed by atoms with Gasteiger partial charge in [0.05, 0.1) is 11.8 Å². The summed E-state index contributed by atoms with van der Waals surface area (Å²) in [4.78, 5) is 16.1. The number of benzene rings is 2. The van der Waals surface area contributed by atoms with Crippen molar-refractivity contribution in [3.8, 4) is 11.3 Å². The molecule has 2 aromatic carbocycles. The van der Waals surface area contributed by atoms with Crippen molar-refractivity contribution in [2.75, 3.05) is 13.1 Å². The molecule has 5 nitrogen and oxygen atoms in total. The quantitative estimate of drug-likeness (QED) is 0.643. The lowest BCUT2D eigenvalue weighted by molar-refractivity contribution is 0.0291. The molecular formula is C25H28N2O3. The van der Waals surface area contributed by atoms with Crippen LogP contribution in [0.25, 0.3) is 11.3 Å². The Kier molecular flexibility index (Phi) is 6.02. The van der Waals surface area contributed by atoms with E-state index in [9.17, 15) is 4.79 Å². The van der Waals surface area contributed by atoms with E-state index in [1.54, 1.807) is 18.4 Å². The fourth-order valence-electron chi connectivity index (χ4n) is 4.44. The van der Waals surface area contributed by atoms with Crippen molar-refractivity contribution in [1.29, 1.82) is 0 Å². The van der Waals surface area contributed by atoms with E-state index in [0.29, 0.717) is 17.6 Å². The Morgan fingerprint density at radius 3 is 2.30 bits per heavy atom. The number of carboxylic acids is 1. The highest BCUT2D eigenvalue weighted by molar-refractivity contribution is 5.87. The van der Waals surface area contributed by atoms with Crippen LogP contribution in [0.2, 0.25) is 0 Å². The first-order chi connectivity index (χ1) is 14.5. The van der Waals surface area contributed by atoms with Gasteiger partial charge in [0.1, 0.15) is 5.76 Å². The van der Waals surface area contributed by atoms with Gasteiger partial charge in [0.25, 0.3) is 0 Å². The molecule has 0 radical (unpaired) electrons. The van der Waals surface area contributed by atoms with E-state index in [4.69, 9.17) is 9.52 Å². The molecule has 0 aliphatic carbocycles. The number of carbonyl (C=O) groups is 1. The summed E-state index contributed by atoms with van der Waals surface area (Å²) in [6, 6.07) is 20.4. The summed E-state index contributed by atoms with van der Waals surface area (Å²) in [7, 11) is 0. The molecule has 156 valence electrons. The van der Waals surface area contributed by atoms with Gasteiger partial charge >= 0.3 is 5.97 Å². The fraction of sp³-hybridized carbons (Fsp3) is 0.320. The van der Waals surface area contributed by atoms with Gasteiger partial charge in [-0.1, -0.05) is 36.4 Å². The second-order valence-corrected chi connectivity index (χ2v) is 8.20. The molecule has 2 atom stereocenters. The van der Waals surface area contributed by atoms with Crippen LogP contribution in [-0.2, 0) is 13.1 Å². The molecule has 1 saturated heterocycles. The first kappa shape index (κ1) is 20.4. The third-order valence-corrected chi connectivity index (χ3v) is 5.94. The Morgan fingerprint density at radius 1 is 0.967 bits per heavy atom. The minimum Gasteiger partial charge on any atom is -0.478 e. The van der Waals surface area contributed by atoms with Crippen molar-refractivity contribution in [3.63, 3.8) is 0 Å². The third-order valence-electron chi connectivity index (χ3n) is 5.94. The smallest absolute Gasteiger partial charge is 0.335 e. The lowest BCUT2D eigenvalue weighted by atomic mass is 10.0. The van der Waals surface area contributed by atoms with Gasteiger partial charge in [-0.05, 0) is 49.2 Å². The van der Waals surface area contributed by atoms with Crippen LogP contribution in [0.1, 0.15) is 35.3 Å². The van der Waals surface area contributed by atoms with Gasteiger partial charge in [0.15, 0.2) is 0 Å². The molecule has 1 aliphatic rings. The van der Waals surface area contributed by atoms with Crippen molar-refractivity contribution in [2.45, 2.75) is 39.0 Å². The minimum atomic E-state index is -0.882. The summed E-state index contributed by atoms with van der Waals surface area (Å²) in [5, 5.41) is 9.07. The highest BCUT2D eigenvalue weighted by Crippen LogP contribution is 2.28. The lowest BCUT2D eigenvalue weighted by Crippen LogP contribution is -2.55. The Balaban J connectivity index is 1.43. The van der Waals surface area contributed by atoms with E-state index in [1.807, 2.05) is 24.3 Å². The standard InChI is InChI=1S/C25H28N2O3/c1-18-14-26(16-20-9-11-21(12-10-20)25(28)29)15-19(2)27(18)17-22-6-3-4-7-23(22)24-8-5-13-30-24/h3-13,18-19H,14-17H2,1-2H3,(H,28,29)/t18-,19+. The molecule has 1 fully saturated rings. The van der Waals surface area contributed by atoms with Gasteiger partial charge in [-0.2, -0.15) is 0 Å². The van der Waals surface area contributed by atoms with Gasteiger partial charge in [0.2, 0.25) is 0 Å². The summed E-state index contributed by atoms with van der Waals surface area (Å²) in [5.41, 5.74) is 3.92.